The first-order chi connectivity index (χ1) is 12.5. The Hall–Kier alpha value is -2.46. The Morgan fingerprint density at radius 2 is 1.77 bits per heavy atom. The number of hydrogen-bond acceptors (Lipinski definition) is 2. The van der Waals surface area contributed by atoms with Crippen molar-refractivity contribution in [3.63, 3.8) is 0 Å². The highest BCUT2D eigenvalue weighted by Crippen LogP contribution is 2.46. The summed E-state index contributed by atoms with van der Waals surface area (Å²) in [5.74, 6) is 0.322. The van der Waals surface area contributed by atoms with E-state index in [1.807, 2.05) is 0 Å². The molecular weight excluding hydrogens is 345 g/mol. The quantitative estimate of drug-likeness (QED) is 0.592. The molecule has 0 saturated carbocycles. The Labute approximate surface area is 156 Å². The van der Waals surface area contributed by atoms with Gasteiger partial charge in [0.05, 0.1) is 5.69 Å². The lowest BCUT2D eigenvalue weighted by atomic mass is 9.88. The van der Waals surface area contributed by atoms with E-state index in [1.165, 1.54) is 22.6 Å². The number of hydrogen-bond donors (Lipinski definition) is 1. The molecule has 0 fully saturated rings. The molecule has 2 aromatic carbocycles. The molecule has 1 N–H and O–H groups in total. The van der Waals surface area contributed by atoms with Crippen LogP contribution in [0.3, 0.4) is 0 Å². The van der Waals surface area contributed by atoms with Gasteiger partial charge >= 0.3 is 0 Å². The Kier molecular flexibility index (Phi) is 4.37. The molecule has 1 aliphatic heterocycles. The van der Waals surface area contributed by atoms with Crippen LogP contribution in [0.15, 0.2) is 53.9 Å². The van der Waals surface area contributed by atoms with Gasteiger partial charge in [-0.25, -0.2) is 4.39 Å². The van der Waals surface area contributed by atoms with E-state index in [4.69, 9.17) is 0 Å². The summed E-state index contributed by atoms with van der Waals surface area (Å²) in [6.07, 6.45) is 0.456. The molecule has 26 heavy (non-hydrogen) atoms. The number of benzene rings is 2. The first kappa shape index (κ1) is 17.0. The molecule has 0 radical (unpaired) electrons. The maximum Gasteiger partial charge on any atom is 0.225 e. The van der Waals surface area contributed by atoms with Gasteiger partial charge in [0.25, 0.3) is 0 Å². The molecule has 0 spiro atoms. The van der Waals surface area contributed by atoms with Gasteiger partial charge < -0.3 is 5.32 Å². The molecule has 1 amide bonds. The monoisotopic (exact) mass is 365 g/mol. The third-order valence-corrected chi connectivity index (χ3v) is 6.05. The van der Waals surface area contributed by atoms with Crippen molar-refractivity contribution >= 4 is 22.9 Å². The lowest BCUT2D eigenvalue weighted by molar-refractivity contribution is -0.116. The Morgan fingerprint density at radius 3 is 2.42 bits per heavy atom. The van der Waals surface area contributed by atoms with Crippen molar-refractivity contribution in [2.45, 2.75) is 32.1 Å². The van der Waals surface area contributed by atoms with E-state index in [0.717, 1.165) is 22.4 Å². The molecule has 2 heterocycles. The fourth-order valence-electron chi connectivity index (χ4n) is 3.45. The Morgan fingerprint density at radius 1 is 1.08 bits per heavy atom. The number of rotatable bonds is 3. The van der Waals surface area contributed by atoms with Crippen LogP contribution >= 0.6 is 11.3 Å². The zero-order valence-corrected chi connectivity index (χ0v) is 15.6. The van der Waals surface area contributed by atoms with Gasteiger partial charge in [-0.1, -0.05) is 50.2 Å². The highest BCUT2D eigenvalue weighted by molar-refractivity contribution is 7.11. The maximum absolute atomic E-state index is 13.2. The fourth-order valence-corrected chi connectivity index (χ4v) is 4.61. The van der Waals surface area contributed by atoms with Gasteiger partial charge in [0, 0.05) is 28.2 Å². The zero-order chi connectivity index (χ0) is 18.3. The maximum atomic E-state index is 13.2. The lowest BCUT2D eigenvalue weighted by Gasteiger charge is -2.24. The lowest BCUT2D eigenvalue weighted by Crippen LogP contribution is -2.22. The van der Waals surface area contributed by atoms with Gasteiger partial charge in [0.15, 0.2) is 0 Å². The van der Waals surface area contributed by atoms with E-state index >= 15 is 0 Å². The molecule has 0 aliphatic carbocycles. The van der Waals surface area contributed by atoms with E-state index in [-0.39, 0.29) is 17.6 Å². The first-order valence-electron chi connectivity index (χ1n) is 8.80. The van der Waals surface area contributed by atoms with Crippen molar-refractivity contribution in [2.24, 2.45) is 0 Å². The van der Waals surface area contributed by atoms with Crippen LogP contribution in [0.5, 0.6) is 0 Å². The number of anilines is 1. The highest BCUT2D eigenvalue weighted by atomic mass is 32.1. The van der Waals surface area contributed by atoms with Gasteiger partial charge in [-0.05, 0) is 34.7 Å². The van der Waals surface area contributed by atoms with Crippen molar-refractivity contribution in [3.05, 3.63) is 75.7 Å². The third-order valence-electron chi connectivity index (χ3n) is 4.95. The molecule has 0 saturated heterocycles. The molecule has 4 heteroatoms. The van der Waals surface area contributed by atoms with Crippen LogP contribution in [0.1, 0.15) is 48.1 Å². The summed E-state index contributed by atoms with van der Waals surface area (Å²) in [5, 5.41) is 5.08. The molecule has 1 aromatic heterocycles. The standard InChI is InChI=1S/C22H20FNOS/c1-13(2)14-3-5-15(6-4-14)18-11-20(25)24-21-19(12-26-22(18)21)16-7-9-17(23)10-8-16/h3-10,12-13,18H,11H2,1-2H3,(H,24,25)/t18-/m1/s1. The number of amides is 1. The molecule has 1 atom stereocenters. The smallest absolute Gasteiger partial charge is 0.225 e. The van der Waals surface area contributed by atoms with E-state index < -0.39 is 0 Å². The second-order valence-electron chi connectivity index (χ2n) is 7.02. The van der Waals surface area contributed by atoms with Crippen molar-refractivity contribution in [2.75, 3.05) is 5.32 Å². The van der Waals surface area contributed by atoms with Crippen LogP contribution in [0.25, 0.3) is 11.1 Å². The van der Waals surface area contributed by atoms with E-state index in [0.29, 0.717) is 12.3 Å². The average molecular weight is 365 g/mol. The fraction of sp³-hybridized carbons (Fsp3) is 0.227. The zero-order valence-electron chi connectivity index (χ0n) is 14.8. The second-order valence-corrected chi connectivity index (χ2v) is 7.93. The summed E-state index contributed by atoms with van der Waals surface area (Å²) < 4.78 is 13.2. The van der Waals surface area contributed by atoms with Gasteiger partial charge in [-0.3, -0.25) is 4.79 Å². The Bertz CT molecular complexity index is 941. The summed E-state index contributed by atoms with van der Waals surface area (Å²) in [4.78, 5) is 13.5. The predicted octanol–water partition coefficient (Wildman–Crippen LogP) is 6.15. The topological polar surface area (TPSA) is 29.1 Å². The van der Waals surface area contributed by atoms with Crippen molar-refractivity contribution in [1.82, 2.24) is 0 Å². The summed E-state index contributed by atoms with van der Waals surface area (Å²) in [5.41, 5.74) is 5.21. The van der Waals surface area contributed by atoms with Gasteiger partial charge in [-0.2, -0.15) is 0 Å². The molecular formula is C22H20FNOS. The minimum absolute atomic E-state index is 0.0252. The average Bonchev–Trinajstić information content (AvgIpc) is 3.05. The molecule has 0 bridgehead atoms. The SMILES string of the molecule is CC(C)c1ccc([C@H]2CC(=O)Nc3c(-c4ccc(F)cc4)csc32)cc1. The van der Waals surface area contributed by atoms with Crippen molar-refractivity contribution in [3.8, 4) is 11.1 Å². The normalized spacial score (nSPS) is 16.5. The van der Waals surface area contributed by atoms with Gasteiger partial charge in [-0.15, -0.1) is 11.3 Å². The van der Waals surface area contributed by atoms with Crippen LogP contribution in [0.2, 0.25) is 0 Å². The molecule has 2 nitrogen and oxygen atoms in total. The minimum Gasteiger partial charge on any atom is -0.325 e. The van der Waals surface area contributed by atoms with Gasteiger partial charge in [0.1, 0.15) is 5.82 Å². The molecule has 3 aromatic rings. The van der Waals surface area contributed by atoms with Crippen molar-refractivity contribution < 1.29 is 9.18 Å². The summed E-state index contributed by atoms with van der Waals surface area (Å²) in [6.45, 7) is 4.35. The van der Waals surface area contributed by atoms with Crippen LogP contribution in [0, 0.1) is 5.82 Å². The van der Waals surface area contributed by atoms with Crippen LogP contribution < -0.4 is 5.32 Å². The number of nitrogens with one attached hydrogen (secondary N) is 1. The number of carbonyl (C=O) groups is 1. The molecule has 1 aliphatic rings. The van der Waals surface area contributed by atoms with Crippen LogP contribution in [-0.2, 0) is 4.79 Å². The first-order valence-corrected chi connectivity index (χ1v) is 9.68. The van der Waals surface area contributed by atoms with Gasteiger partial charge in [0.2, 0.25) is 5.91 Å². The molecule has 132 valence electrons. The number of carbonyl (C=O) groups excluding carboxylic acids is 1. The number of fused-ring (bicyclic) bond motifs is 1. The predicted molar refractivity (Wildman–Crippen MR) is 105 cm³/mol. The third kappa shape index (κ3) is 3.06. The van der Waals surface area contributed by atoms with Crippen molar-refractivity contribution in [1.29, 1.82) is 0 Å². The largest absolute Gasteiger partial charge is 0.325 e. The summed E-state index contributed by atoms with van der Waals surface area (Å²) in [7, 11) is 0. The Balaban J connectivity index is 1.74. The van der Waals surface area contributed by atoms with E-state index in [1.54, 1.807) is 23.5 Å². The van der Waals surface area contributed by atoms with Crippen LogP contribution in [-0.4, -0.2) is 5.91 Å². The molecule has 0 unspecified atom stereocenters. The minimum atomic E-state index is -0.259. The number of halogens is 1. The van der Waals surface area contributed by atoms with Crippen LogP contribution in [0.4, 0.5) is 10.1 Å². The summed E-state index contributed by atoms with van der Waals surface area (Å²) in [6, 6.07) is 15.0. The summed E-state index contributed by atoms with van der Waals surface area (Å²) >= 11 is 1.66. The van der Waals surface area contributed by atoms with E-state index in [9.17, 15) is 9.18 Å². The van der Waals surface area contributed by atoms with E-state index in [2.05, 4.69) is 48.8 Å². The second kappa shape index (κ2) is 6.69. The molecule has 4 rings (SSSR count). The highest BCUT2D eigenvalue weighted by Gasteiger charge is 2.30. The number of thiophene rings is 1.